The lowest BCUT2D eigenvalue weighted by Gasteiger charge is -2.64. The molecule has 10 rings (SSSR count). The molecule has 5 saturated carbocycles. The van der Waals surface area contributed by atoms with E-state index in [1.54, 1.807) is 0 Å². The molecule has 0 aromatic carbocycles. The van der Waals surface area contributed by atoms with Crippen LogP contribution in [0.5, 0.6) is 0 Å². The van der Waals surface area contributed by atoms with Crippen molar-refractivity contribution in [2.24, 2.45) is 62.6 Å². The Labute approximate surface area is 343 Å². The van der Waals surface area contributed by atoms with Gasteiger partial charge in [0.05, 0.1) is 56.8 Å². The minimum absolute atomic E-state index is 0.00677. The van der Waals surface area contributed by atoms with E-state index in [1.807, 2.05) is 4.90 Å². The van der Waals surface area contributed by atoms with E-state index >= 15 is 0 Å². The molecule has 10 fully saturated rings. The van der Waals surface area contributed by atoms with Crippen molar-refractivity contribution in [3.63, 3.8) is 0 Å². The smallest absolute Gasteiger partial charge is 0.410 e. The molecule has 2 spiro atoms. The van der Waals surface area contributed by atoms with Gasteiger partial charge in [-0.05, 0) is 123 Å². The second-order valence-electron chi connectivity index (χ2n) is 23.4. The third kappa shape index (κ3) is 5.54. The summed E-state index contributed by atoms with van der Waals surface area (Å²) in [6.45, 7) is 29.9. The van der Waals surface area contributed by atoms with Crippen LogP contribution in [0.2, 0.25) is 0 Å². The number of carbonyl (C=O) groups excluding carboxylic acids is 1. The standard InChI is InChI=1S/C47H77N3O7/c1-28(2)38(57-41(52)48-17-10-18-48)32-21-29(3)37-39(55-32)40(51)45(9)34-12-11-33-42(4,5)35(13-14-46(33)27-47(34,46)16-15-44(37,45)8)56-36-24-50(19-20-54-36)43(6,7)30-22-49(23-30)31-25-53-26-31/h28-40,51H,10-27H2,1-9H3/t29-,32-,33+,34+,35?,36+,37+,38-,39+,40+,44-,45-,46-,47+/m1/s1. The van der Waals surface area contributed by atoms with Crippen LogP contribution in [0.15, 0.2) is 0 Å². The van der Waals surface area contributed by atoms with Crippen molar-refractivity contribution in [1.82, 2.24) is 14.7 Å². The van der Waals surface area contributed by atoms with Crippen molar-refractivity contribution in [3.05, 3.63) is 0 Å². The van der Waals surface area contributed by atoms with Gasteiger partial charge < -0.3 is 33.7 Å². The molecule has 0 bridgehead atoms. The minimum Gasteiger partial charge on any atom is -0.443 e. The van der Waals surface area contributed by atoms with Crippen molar-refractivity contribution in [2.45, 2.75) is 168 Å². The van der Waals surface area contributed by atoms with Gasteiger partial charge in [0.2, 0.25) is 0 Å². The molecule has 0 radical (unpaired) electrons. The maximum atomic E-state index is 13.0. The minimum atomic E-state index is -0.522. The highest BCUT2D eigenvalue weighted by Crippen LogP contribution is 2.89. The van der Waals surface area contributed by atoms with Crippen LogP contribution in [0.1, 0.15) is 120 Å². The summed E-state index contributed by atoms with van der Waals surface area (Å²) in [4.78, 5) is 20.1. The second kappa shape index (κ2) is 13.5. The van der Waals surface area contributed by atoms with Crippen LogP contribution in [0.4, 0.5) is 4.79 Å². The summed E-state index contributed by atoms with van der Waals surface area (Å²) in [5, 5.41) is 12.8. The zero-order valence-corrected chi connectivity index (χ0v) is 37.0. The monoisotopic (exact) mass is 796 g/mol. The van der Waals surface area contributed by atoms with E-state index in [0.29, 0.717) is 46.5 Å². The van der Waals surface area contributed by atoms with Crippen LogP contribution in [0.25, 0.3) is 0 Å². The summed E-state index contributed by atoms with van der Waals surface area (Å²) in [6.07, 6.45) is 8.97. The zero-order chi connectivity index (χ0) is 40.1. The normalized spacial score (nSPS) is 49.0. The fraction of sp³-hybridized carbons (Fsp3) is 0.979. The number of hydrogen-bond acceptors (Lipinski definition) is 9. The highest BCUT2D eigenvalue weighted by atomic mass is 16.7. The molecule has 0 aromatic rings. The molecule has 14 atom stereocenters. The quantitative estimate of drug-likeness (QED) is 0.284. The van der Waals surface area contributed by atoms with Gasteiger partial charge in [-0.1, -0.05) is 48.5 Å². The molecule has 1 N–H and O–H groups in total. The number of rotatable bonds is 8. The number of ether oxygens (including phenoxy) is 5. The third-order valence-corrected chi connectivity index (χ3v) is 20.4. The molecule has 57 heavy (non-hydrogen) atoms. The van der Waals surface area contributed by atoms with Crippen molar-refractivity contribution >= 4 is 6.09 Å². The first-order valence-electron chi connectivity index (χ1n) is 23.6. The third-order valence-electron chi connectivity index (χ3n) is 20.4. The lowest BCUT2D eigenvalue weighted by atomic mass is 9.41. The number of amides is 1. The number of carbonyl (C=O) groups is 1. The number of aliphatic hydroxyl groups is 1. The number of likely N-dealkylation sites (tertiary alicyclic amines) is 2. The first-order valence-corrected chi connectivity index (χ1v) is 23.6. The summed E-state index contributed by atoms with van der Waals surface area (Å²) in [7, 11) is 0. The number of morpholine rings is 1. The zero-order valence-electron chi connectivity index (χ0n) is 37.0. The maximum Gasteiger partial charge on any atom is 0.410 e. The van der Waals surface area contributed by atoms with Crippen molar-refractivity contribution in [2.75, 3.05) is 59.1 Å². The SMILES string of the molecule is CC(C)[C@@H](OC(=O)N1CCC1)[C@H]1C[C@@H](C)[C@H]2[C@H](O1)[C@H](O)[C@@]1(C)[C@@H]3CC[C@H]4C(C)(C)C(O[C@H]5CN(C(C)(C)C6CN(C7COC7)C6)CCO5)CC[C@@]45C[C@@]35CC[C@]21C. The van der Waals surface area contributed by atoms with Crippen LogP contribution in [0, 0.1) is 62.6 Å². The van der Waals surface area contributed by atoms with Crippen LogP contribution in [-0.2, 0) is 23.7 Å². The van der Waals surface area contributed by atoms with Gasteiger partial charge in [-0.2, -0.15) is 0 Å². The van der Waals surface area contributed by atoms with Gasteiger partial charge in [0.15, 0.2) is 6.29 Å². The Morgan fingerprint density at radius 3 is 2.32 bits per heavy atom. The Balaban J connectivity index is 0.829. The summed E-state index contributed by atoms with van der Waals surface area (Å²) >= 11 is 0. The summed E-state index contributed by atoms with van der Waals surface area (Å²) in [6, 6.07) is 0.631. The summed E-state index contributed by atoms with van der Waals surface area (Å²) in [5.41, 5.74) is 0.594. The predicted octanol–water partition coefficient (Wildman–Crippen LogP) is 6.82. The van der Waals surface area contributed by atoms with Crippen LogP contribution in [-0.4, -0.2) is 133 Å². The highest BCUT2D eigenvalue weighted by Gasteiger charge is 2.84. The fourth-order valence-electron chi connectivity index (χ4n) is 16.5. The first-order chi connectivity index (χ1) is 27.0. The van der Waals surface area contributed by atoms with Crippen molar-refractivity contribution < 1.29 is 33.6 Å². The average molecular weight is 796 g/mol. The van der Waals surface area contributed by atoms with Gasteiger partial charge in [0.25, 0.3) is 0 Å². The Hall–Kier alpha value is -1.01. The number of fused-ring (bicyclic) bond motifs is 4. The van der Waals surface area contributed by atoms with Gasteiger partial charge in [-0.25, -0.2) is 4.79 Å². The Morgan fingerprint density at radius 2 is 1.65 bits per heavy atom. The van der Waals surface area contributed by atoms with E-state index in [9.17, 15) is 9.90 Å². The molecule has 5 heterocycles. The molecule has 10 heteroatoms. The lowest BCUT2D eigenvalue weighted by molar-refractivity contribution is -0.257. The molecule has 5 aliphatic heterocycles. The molecule has 1 unspecified atom stereocenters. The van der Waals surface area contributed by atoms with Crippen LogP contribution >= 0.6 is 0 Å². The van der Waals surface area contributed by atoms with Crippen LogP contribution < -0.4 is 0 Å². The molecule has 10 nitrogen and oxygen atoms in total. The Morgan fingerprint density at radius 1 is 0.930 bits per heavy atom. The average Bonchev–Trinajstić information content (AvgIpc) is 3.72. The molecular weight excluding hydrogens is 719 g/mol. The molecule has 5 aliphatic carbocycles. The summed E-state index contributed by atoms with van der Waals surface area (Å²) < 4.78 is 32.4. The maximum absolute atomic E-state index is 13.0. The van der Waals surface area contributed by atoms with Crippen molar-refractivity contribution in [3.8, 4) is 0 Å². The van der Waals surface area contributed by atoms with E-state index in [4.69, 9.17) is 23.7 Å². The van der Waals surface area contributed by atoms with E-state index in [0.717, 1.165) is 71.7 Å². The van der Waals surface area contributed by atoms with E-state index < -0.39 is 6.10 Å². The number of aliphatic hydroxyl groups excluding tert-OH is 1. The van der Waals surface area contributed by atoms with Crippen molar-refractivity contribution in [1.29, 1.82) is 0 Å². The predicted molar refractivity (Wildman–Crippen MR) is 217 cm³/mol. The number of hydrogen-bond donors (Lipinski definition) is 1. The summed E-state index contributed by atoms with van der Waals surface area (Å²) in [5.74, 6) is 2.61. The van der Waals surface area contributed by atoms with E-state index in [-0.39, 0.29) is 64.5 Å². The fourth-order valence-corrected chi connectivity index (χ4v) is 16.5. The van der Waals surface area contributed by atoms with Gasteiger partial charge >= 0.3 is 6.09 Å². The second-order valence-corrected chi connectivity index (χ2v) is 23.4. The molecule has 0 aromatic heterocycles. The van der Waals surface area contributed by atoms with Gasteiger partial charge in [0.1, 0.15) is 6.10 Å². The van der Waals surface area contributed by atoms with Gasteiger partial charge in [-0.15, -0.1) is 0 Å². The Bertz CT molecular complexity index is 1560. The molecular formula is C47H77N3O7. The molecule has 10 aliphatic rings. The number of nitrogens with zero attached hydrogens (tertiary/aromatic N) is 3. The first kappa shape index (κ1) is 40.1. The largest absolute Gasteiger partial charge is 0.443 e. The molecule has 5 saturated heterocycles. The topological polar surface area (TPSA) is 93.2 Å². The van der Waals surface area contributed by atoms with E-state index in [1.165, 1.54) is 45.2 Å². The molecule has 1 amide bonds. The lowest BCUT2D eigenvalue weighted by Crippen LogP contribution is -2.68. The van der Waals surface area contributed by atoms with Crippen LogP contribution in [0.3, 0.4) is 0 Å². The van der Waals surface area contributed by atoms with Gasteiger partial charge in [0, 0.05) is 49.6 Å². The Kier molecular flexibility index (Phi) is 9.49. The highest BCUT2D eigenvalue weighted by molar-refractivity contribution is 5.68. The molecule has 322 valence electrons. The van der Waals surface area contributed by atoms with E-state index in [2.05, 4.69) is 72.1 Å². The van der Waals surface area contributed by atoms with Gasteiger partial charge in [-0.3, -0.25) is 9.80 Å².